The van der Waals surface area contributed by atoms with E-state index in [-0.39, 0.29) is 0 Å². The van der Waals surface area contributed by atoms with Crippen LogP contribution >= 0.6 is 0 Å². The minimum absolute atomic E-state index is 0.557. The standard InChI is InChI=1S/C18H31NO/c1-6-15(4)16(5)19-13-17-7-9-18(10-8-17)20-12-11-14(2)3/h7-10,14-16,19H,6,11-13H2,1-5H3. The molecular weight excluding hydrogens is 246 g/mol. The molecule has 0 aliphatic rings. The van der Waals surface area contributed by atoms with Gasteiger partial charge in [0.25, 0.3) is 0 Å². The first-order valence-electron chi connectivity index (χ1n) is 7.98. The van der Waals surface area contributed by atoms with Crippen molar-refractivity contribution < 1.29 is 4.74 Å². The van der Waals surface area contributed by atoms with Crippen LogP contribution in [0.3, 0.4) is 0 Å². The molecule has 0 saturated carbocycles. The quantitative estimate of drug-likeness (QED) is 0.710. The van der Waals surface area contributed by atoms with Crippen molar-refractivity contribution in [3.8, 4) is 5.75 Å². The molecule has 2 unspecified atom stereocenters. The van der Waals surface area contributed by atoms with Crippen LogP contribution in [0.1, 0.15) is 53.0 Å². The van der Waals surface area contributed by atoms with E-state index < -0.39 is 0 Å². The van der Waals surface area contributed by atoms with Crippen molar-refractivity contribution in [2.75, 3.05) is 6.61 Å². The Bertz CT molecular complexity index is 358. The van der Waals surface area contributed by atoms with Gasteiger partial charge in [-0.3, -0.25) is 0 Å². The summed E-state index contributed by atoms with van der Waals surface area (Å²) in [5.74, 6) is 2.39. The highest BCUT2D eigenvalue weighted by molar-refractivity contribution is 5.27. The molecule has 0 bridgehead atoms. The zero-order valence-corrected chi connectivity index (χ0v) is 13.8. The predicted molar refractivity (Wildman–Crippen MR) is 87.1 cm³/mol. The molecule has 1 N–H and O–H groups in total. The number of ether oxygens (including phenoxy) is 1. The lowest BCUT2D eigenvalue weighted by Gasteiger charge is -2.20. The normalized spacial score (nSPS) is 14.3. The molecule has 0 fully saturated rings. The van der Waals surface area contributed by atoms with E-state index in [0.717, 1.165) is 25.3 Å². The van der Waals surface area contributed by atoms with Crippen molar-refractivity contribution in [3.05, 3.63) is 29.8 Å². The molecule has 0 radical (unpaired) electrons. The molecule has 2 heteroatoms. The maximum Gasteiger partial charge on any atom is 0.119 e. The Morgan fingerprint density at radius 1 is 1.05 bits per heavy atom. The molecule has 1 aromatic carbocycles. The van der Waals surface area contributed by atoms with Gasteiger partial charge in [0.05, 0.1) is 6.61 Å². The summed E-state index contributed by atoms with van der Waals surface area (Å²) in [5.41, 5.74) is 1.32. The summed E-state index contributed by atoms with van der Waals surface area (Å²) < 4.78 is 5.73. The van der Waals surface area contributed by atoms with Crippen LogP contribution in [0, 0.1) is 11.8 Å². The average Bonchev–Trinajstić information content (AvgIpc) is 2.44. The van der Waals surface area contributed by atoms with Crippen molar-refractivity contribution >= 4 is 0 Å². The lowest BCUT2D eigenvalue weighted by molar-refractivity contribution is 0.289. The highest BCUT2D eigenvalue weighted by Crippen LogP contribution is 2.14. The second-order valence-electron chi connectivity index (χ2n) is 6.23. The lowest BCUT2D eigenvalue weighted by Crippen LogP contribution is -2.31. The van der Waals surface area contributed by atoms with E-state index in [1.54, 1.807) is 0 Å². The van der Waals surface area contributed by atoms with Gasteiger partial charge in [-0.25, -0.2) is 0 Å². The molecule has 0 aliphatic carbocycles. The number of rotatable bonds is 9. The van der Waals surface area contributed by atoms with Crippen LogP contribution in [-0.4, -0.2) is 12.6 Å². The molecule has 0 aliphatic heterocycles. The maximum atomic E-state index is 5.73. The summed E-state index contributed by atoms with van der Waals surface area (Å²) in [6.07, 6.45) is 2.33. The van der Waals surface area contributed by atoms with Gasteiger partial charge in [-0.2, -0.15) is 0 Å². The maximum absolute atomic E-state index is 5.73. The van der Waals surface area contributed by atoms with Gasteiger partial charge in [0.1, 0.15) is 5.75 Å². The van der Waals surface area contributed by atoms with E-state index >= 15 is 0 Å². The number of hydrogen-bond acceptors (Lipinski definition) is 2. The summed E-state index contributed by atoms with van der Waals surface area (Å²) in [4.78, 5) is 0. The Labute approximate surface area is 124 Å². The smallest absolute Gasteiger partial charge is 0.119 e. The van der Waals surface area contributed by atoms with Gasteiger partial charge in [0.15, 0.2) is 0 Å². The zero-order chi connectivity index (χ0) is 15.0. The highest BCUT2D eigenvalue weighted by atomic mass is 16.5. The van der Waals surface area contributed by atoms with Crippen molar-refractivity contribution in [1.82, 2.24) is 5.32 Å². The van der Waals surface area contributed by atoms with Gasteiger partial charge in [0.2, 0.25) is 0 Å². The molecule has 0 heterocycles. The summed E-state index contributed by atoms with van der Waals surface area (Å²) in [6, 6.07) is 9.01. The van der Waals surface area contributed by atoms with Crippen molar-refractivity contribution in [2.24, 2.45) is 11.8 Å². The minimum Gasteiger partial charge on any atom is -0.494 e. The largest absolute Gasteiger partial charge is 0.494 e. The van der Waals surface area contributed by atoms with E-state index in [9.17, 15) is 0 Å². The lowest BCUT2D eigenvalue weighted by atomic mass is 10.0. The topological polar surface area (TPSA) is 21.3 Å². The van der Waals surface area contributed by atoms with E-state index in [1.807, 2.05) is 0 Å². The Balaban J connectivity index is 2.35. The first kappa shape index (κ1) is 17.0. The molecular formula is C18H31NO. The van der Waals surface area contributed by atoms with Crippen LogP contribution in [0.5, 0.6) is 5.75 Å². The molecule has 1 aromatic rings. The van der Waals surface area contributed by atoms with E-state index in [2.05, 4.69) is 64.2 Å². The van der Waals surface area contributed by atoms with E-state index in [4.69, 9.17) is 4.74 Å². The number of nitrogens with one attached hydrogen (secondary N) is 1. The third-order valence-corrected chi connectivity index (χ3v) is 4.01. The first-order chi connectivity index (χ1) is 9.52. The summed E-state index contributed by atoms with van der Waals surface area (Å²) in [6.45, 7) is 13.0. The van der Waals surface area contributed by atoms with Crippen molar-refractivity contribution in [2.45, 2.75) is 60.0 Å². The molecule has 0 saturated heterocycles. The van der Waals surface area contributed by atoms with Gasteiger partial charge >= 0.3 is 0 Å². The molecule has 1 rings (SSSR count). The third-order valence-electron chi connectivity index (χ3n) is 4.01. The summed E-state index contributed by atoms with van der Waals surface area (Å²) in [7, 11) is 0. The second-order valence-corrected chi connectivity index (χ2v) is 6.23. The van der Waals surface area contributed by atoms with Gasteiger partial charge in [-0.05, 0) is 42.9 Å². The predicted octanol–water partition coefficient (Wildman–Crippen LogP) is 4.64. The highest BCUT2D eigenvalue weighted by Gasteiger charge is 2.08. The van der Waals surface area contributed by atoms with Crippen molar-refractivity contribution in [1.29, 1.82) is 0 Å². The molecule has 20 heavy (non-hydrogen) atoms. The third kappa shape index (κ3) is 6.42. The fraction of sp³-hybridized carbons (Fsp3) is 0.667. The molecule has 114 valence electrons. The Kier molecular flexibility index (Phi) is 7.68. The van der Waals surface area contributed by atoms with Crippen molar-refractivity contribution in [3.63, 3.8) is 0 Å². The fourth-order valence-corrected chi connectivity index (χ4v) is 1.95. The van der Waals surface area contributed by atoms with Crippen LogP contribution in [0.15, 0.2) is 24.3 Å². The van der Waals surface area contributed by atoms with Gasteiger partial charge in [-0.15, -0.1) is 0 Å². The number of benzene rings is 1. The second kappa shape index (κ2) is 9.02. The molecule has 0 amide bonds. The molecule has 2 nitrogen and oxygen atoms in total. The summed E-state index contributed by atoms with van der Waals surface area (Å²) >= 11 is 0. The van der Waals surface area contributed by atoms with E-state index in [0.29, 0.717) is 17.9 Å². The SMILES string of the molecule is CCC(C)C(C)NCc1ccc(OCCC(C)C)cc1. The molecule has 2 atom stereocenters. The molecule has 0 aromatic heterocycles. The number of hydrogen-bond donors (Lipinski definition) is 1. The molecule has 0 spiro atoms. The Morgan fingerprint density at radius 3 is 2.25 bits per heavy atom. The minimum atomic E-state index is 0.557. The Hall–Kier alpha value is -1.02. The van der Waals surface area contributed by atoms with E-state index in [1.165, 1.54) is 12.0 Å². The van der Waals surface area contributed by atoms with Gasteiger partial charge in [-0.1, -0.05) is 46.2 Å². The van der Waals surface area contributed by atoms with Gasteiger partial charge in [0, 0.05) is 12.6 Å². The van der Waals surface area contributed by atoms with Crippen LogP contribution < -0.4 is 10.1 Å². The zero-order valence-electron chi connectivity index (χ0n) is 13.8. The monoisotopic (exact) mass is 277 g/mol. The van der Waals surface area contributed by atoms with Crippen LogP contribution in [0.2, 0.25) is 0 Å². The van der Waals surface area contributed by atoms with Crippen LogP contribution in [0.25, 0.3) is 0 Å². The van der Waals surface area contributed by atoms with Crippen LogP contribution in [0.4, 0.5) is 0 Å². The fourth-order valence-electron chi connectivity index (χ4n) is 1.95. The first-order valence-corrected chi connectivity index (χ1v) is 7.98. The van der Waals surface area contributed by atoms with Crippen LogP contribution in [-0.2, 0) is 6.54 Å². The Morgan fingerprint density at radius 2 is 1.70 bits per heavy atom. The summed E-state index contributed by atoms with van der Waals surface area (Å²) in [5, 5.41) is 3.59. The van der Waals surface area contributed by atoms with Gasteiger partial charge < -0.3 is 10.1 Å². The average molecular weight is 277 g/mol.